The van der Waals surface area contributed by atoms with E-state index in [9.17, 15) is 4.79 Å². The lowest BCUT2D eigenvalue weighted by atomic mass is 10.1. The van der Waals surface area contributed by atoms with Crippen LogP contribution in [0.15, 0.2) is 53.4 Å². The molecule has 1 atom stereocenters. The number of hydrogen-bond donors (Lipinski definition) is 1. The molecular formula is C18H21NOS. The first-order chi connectivity index (χ1) is 10.0. The van der Waals surface area contributed by atoms with E-state index in [1.54, 1.807) is 11.8 Å². The lowest BCUT2D eigenvalue weighted by Gasteiger charge is -2.12. The van der Waals surface area contributed by atoms with Crippen LogP contribution in [0.5, 0.6) is 0 Å². The Morgan fingerprint density at radius 1 is 1.00 bits per heavy atom. The van der Waals surface area contributed by atoms with Gasteiger partial charge in [-0.05, 0) is 38.5 Å². The third kappa shape index (κ3) is 4.94. The van der Waals surface area contributed by atoms with Crippen LogP contribution in [0.25, 0.3) is 0 Å². The van der Waals surface area contributed by atoms with Gasteiger partial charge in [-0.25, -0.2) is 0 Å². The zero-order valence-electron chi connectivity index (χ0n) is 12.7. The van der Waals surface area contributed by atoms with E-state index in [-0.39, 0.29) is 11.2 Å². The summed E-state index contributed by atoms with van der Waals surface area (Å²) in [5.41, 5.74) is 3.59. The Kier molecular flexibility index (Phi) is 5.45. The SMILES string of the molecule is Cc1ccc(CNC(=O)[C@@H](C)Sc2ccc(C)cc2)cc1. The van der Waals surface area contributed by atoms with E-state index < -0.39 is 0 Å². The van der Waals surface area contributed by atoms with Crippen molar-refractivity contribution in [2.75, 3.05) is 0 Å². The quantitative estimate of drug-likeness (QED) is 0.842. The first-order valence-corrected chi connectivity index (χ1v) is 7.99. The zero-order chi connectivity index (χ0) is 15.2. The minimum absolute atomic E-state index is 0.0705. The van der Waals surface area contributed by atoms with Crippen LogP contribution in [0.1, 0.15) is 23.6 Å². The van der Waals surface area contributed by atoms with E-state index in [0.717, 1.165) is 10.5 Å². The third-order valence-electron chi connectivity index (χ3n) is 3.29. The van der Waals surface area contributed by atoms with E-state index in [4.69, 9.17) is 0 Å². The van der Waals surface area contributed by atoms with Crippen LogP contribution < -0.4 is 5.32 Å². The van der Waals surface area contributed by atoms with Gasteiger partial charge in [0.05, 0.1) is 5.25 Å². The first-order valence-electron chi connectivity index (χ1n) is 7.11. The smallest absolute Gasteiger partial charge is 0.233 e. The molecule has 2 aromatic carbocycles. The monoisotopic (exact) mass is 299 g/mol. The summed E-state index contributed by atoms with van der Waals surface area (Å²) < 4.78 is 0. The van der Waals surface area contributed by atoms with Crippen molar-refractivity contribution in [1.82, 2.24) is 5.32 Å². The molecule has 110 valence electrons. The molecule has 0 saturated carbocycles. The van der Waals surface area contributed by atoms with E-state index in [2.05, 4.69) is 55.6 Å². The fraction of sp³-hybridized carbons (Fsp3) is 0.278. The van der Waals surface area contributed by atoms with E-state index in [0.29, 0.717) is 6.54 Å². The van der Waals surface area contributed by atoms with Gasteiger partial charge in [-0.1, -0.05) is 47.5 Å². The summed E-state index contributed by atoms with van der Waals surface area (Å²) in [7, 11) is 0. The molecule has 1 N–H and O–H groups in total. The molecule has 2 rings (SSSR count). The number of carbonyl (C=O) groups excluding carboxylic acids is 1. The molecule has 0 saturated heterocycles. The number of benzene rings is 2. The van der Waals surface area contributed by atoms with E-state index in [1.807, 2.05) is 19.1 Å². The Balaban J connectivity index is 1.84. The Morgan fingerprint density at radius 3 is 2.10 bits per heavy atom. The second-order valence-electron chi connectivity index (χ2n) is 5.28. The second kappa shape index (κ2) is 7.32. The van der Waals surface area contributed by atoms with Crippen LogP contribution in [0, 0.1) is 13.8 Å². The maximum absolute atomic E-state index is 12.1. The van der Waals surface area contributed by atoms with Crippen LogP contribution in [-0.2, 0) is 11.3 Å². The topological polar surface area (TPSA) is 29.1 Å². The summed E-state index contributed by atoms with van der Waals surface area (Å²) in [5, 5.41) is 2.89. The van der Waals surface area contributed by atoms with Gasteiger partial charge in [0.25, 0.3) is 0 Å². The molecule has 21 heavy (non-hydrogen) atoms. The van der Waals surface area contributed by atoms with Gasteiger partial charge in [-0.3, -0.25) is 4.79 Å². The molecule has 2 nitrogen and oxygen atoms in total. The van der Waals surface area contributed by atoms with Crippen LogP contribution in [0.2, 0.25) is 0 Å². The average molecular weight is 299 g/mol. The van der Waals surface area contributed by atoms with Gasteiger partial charge in [0, 0.05) is 11.4 Å². The standard InChI is InChI=1S/C18H21NOS/c1-13-4-8-16(9-5-13)12-19-18(20)15(3)21-17-10-6-14(2)7-11-17/h4-11,15H,12H2,1-3H3,(H,19,20)/t15-/m1/s1. The summed E-state index contributed by atoms with van der Waals surface area (Å²) in [6, 6.07) is 16.5. The molecule has 0 fully saturated rings. The fourth-order valence-electron chi connectivity index (χ4n) is 1.91. The number of thioether (sulfide) groups is 1. The predicted molar refractivity (Wildman–Crippen MR) is 89.5 cm³/mol. The Morgan fingerprint density at radius 2 is 1.52 bits per heavy atom. The Bertz CT molecular complexity index is 590. The molecule has 0 aliphatic heterocycles. The number of aryl methyl sites for hydroxylation is 2. The summed E-state index contributed by atoms with van der Waals surface area (Å²) in [5.74, 6) is 0.0705. The van der Waals surface area contributed by atoms with Crippen molar-refractivity contribution < 1.29 is 4.79 Å². The van der Waals surface area contributed by atoms with Crippen molar-refractivity contribution >= 4 is 17.7 Å². The van der Waals surface area contributed by atoms with E-state index in [1.165, 1.54) is 11.1 Å². The average Bonchev–Trinajstić information content (AvgIpc) is 2.48. The highest BCUT2D eigenvalue weighted by Crippen LogP contribution is 2.23. The number of rotatable bonds is 5. The molecule has 0 spiro atoms. The fourth-order valence-corrected chi connectivity index (χ4v) is 2.81. The van der Waals surface area contributed by atoms with E-state index >= 15 is 0 Å². The minimum atomic E-state index is -0.0989. The first kappa shape index (κ1) is 15.6. The lowest BCUT2D eigenvalue weighted by molar-refractivity contribution is -0.120. The Hall–Kier alpha value is -1.74. The molecule has 0 radical (unpaired) electrons. The number of nitrogens with one attached hydrogen (secondary N) is 1. The molecule has 0 aromatic heterocycles. The van der Waals surface area contributed by atoms with Gasteiger partial charge in [0.2, 0.25) is 5.91 Å². The van der Waals surface area contributed by atoms with Gasteiger partial charge in [0.1, 0.15) is 0 Å². The predicted octanol–water partition coefficient (Wildman–Crippen LogP) is 4.10. The van der Waals surface area contributed by atoms with Crippen molar-refractivity contribution in [1.29, 1.82) is 0 Å². The van der Waals surface area contributed by atoms with Gasteiger partial charge < -0.3 is 5.32 Å². The molecule has 0 heterocycles. The van der Waals surface area contributed by atoms with Crippen LogP contribution in [-0.4, -0.2) is 11.2 Å². The normalized spacial score (nSPS) is 12.0. The molecular weight excluding hydrogens is 278 g/mol. The minimum Gasteiger partial charge on any atom is -0.351 e. The van der Waals surface area contributed by atoms with Crippen LogP contribution in [0.4, 0.5) is 0 Å². The third-order valence-corrected chi connectivity index (χ3v) is 4.40. The van der Waals surface area contributed by atoms with Crippen molar-refractivity contribution in [3.8, 4) is 0 Å². The summed E-state index contributed by atoms with van der Waals surface area (Å²) in [4.78, 5) is 13.2. The summed E-state index contributed by atoms with van der Waals surface area (Å²) in [6.45, 7) is 6.64. The zero-order valence-corrected chi connectivity index (χ0v) is 13.5. The highest BCUT2D eigenvalue weighted by atomic mass is 32.2. The molecule has 0 bridgehead atoms. The second-order valence-corrected chi connectivity index (χ2v) is 6.69. The van der Waals surface area contributed by atoms with Gasteiger partial charge in [-0.15, -0.1) is 11.8 Å². The maximum Gasteiger partial charge on any atom is 0.233 e. The van der Waals surface area contributed by atoms with Gasteiger partial charge in [-0.2, -0.15) is 0 Å². The van der Waals surface area contributed by atoms with Crippen molar-refractivity contribution in [2.24, 2.45) is 0 Å². The van der Waals surface area contributed by atoms with Crippen molar-refractivity contribution in [3.63, 3.8) is 0 Å². The summed E-state index contributed by atoms with van der Waals surface area (Å²) >= 11 is 1.59. The van der Waals surface area contributed by atoms with Gasteiger partial charge in [0.15, 0.2) is 0 Å². The highest BCUT2D eigenvalue weighted by Gasteiger charge is 2.13. The number of hydrogen-bond acceptors (Lipinski definition) is 2. The van der Waals surface area contributed by atoms with Crippen LogP contribution in [0.3, 0.4) is 0 Å². The molecule has 0 unspecified atom stereocenters. The lowest BCUT2D eigenvalue weighted by Crippen LogP contribution is -2.30. The maximum atomic E-state index is 12.1. The molecule has 0 aliphatic rings. The Labute approximate surface area is 131 Å². The highest BCUT2D eigenvalue weighted by molar-refractivity contribution is 8.00. The molecule has 1 amide bonds. The molecule has 2 aromatic rings. The van der Waals surface area contributed by atoms with Crippen molar-refractivity contribution in [3.05, 3.63) is 65.2 Å². The molecule has 3 heteroatoms. The van der Waals surface area contributed by atoms with Gasteiger partial charge >= 0.3 is 0 Å². The number of carbonyl (C=O) groups is 1. The summed E-state index contributed by atoms with van der Waals surface area (Å²) in [6.07, 6.45) is 0. The van der Waals surface area contributed by atoms with Crippen LogP contribution >= 0.6 is 11.8 Å². The largest absolute Gasteiger partial charge is 0.351 e. The molecule has 0 aliphatic carbocycles. The number of amides is 1. The van der Waals surface area contributed by atoms with Crippen molar-refractivity contribution in [2.45, 2.75) is 37.5 Å².